The summed E-state index contributed by atoms with van der Waals surface area (Å²) >= 11 is 0. The maximum atomic E-state index is 2.46. The van der Waals surface area contributed by atoms with Crippen molar-refractivity contribution in [3.05, 3.63) is 48.0 Å². The van der Waals surface area contributed by atoms with Gasteiger partial charge in [-0.05, 0) is 35.1 Å². The van der Waals surface area contributed by atoms with Gasteiger partial charge in [-0.3, -0.25) is 0 Å². The van der Waals surface area contributed by atoms with Gasteiger partial charge in [-0.25, -0.2) is 0 Å². The van der Waals surface area contributed by atoms with Crippen molar-refractivity contribution in [2.75, 3.05) is 0 Å². The van der Waals surface area contributed by atoms with Crippen LogP contribution in [0.5, 0.6) is 0 Å². The average Bonchev–Trinajstić information content (AvgIpc) is 2.68. The van der Waals surface area contributed by atoms with E-state index in [9.17, 15) is 0 Å². The second kappa shape index (κ2) is 13.0. The fourth-order valence-corrected chi connectivity index (χ4v) is 4.10. The van der Waals surface area contributed by atoms with E-state index in [0.717, 1.165) is 5.92 Å². The van der Waals surface area contributed by atoms with E-state index < -0.39 is 0 Å². The zero-order valence-electron chi connectivity index (χ0n) is 17.3. The van der Waals surface area contributed by atoms with Gasteiger partial charge in [0.1, 0.15) is 0 Å². The molecule has 1 atom stereocenters. The Morgan fingerprint density at radius 2 is 1.12 bits per heavy atom. The summed E-state index contributed by atoms with van der Waals surface area (Å²) in [5.74, 6) is 0.757. The van der Waals surface area contributed by atoms with E-state index in [1.165, 1.54) is 94.2 Å². The maximum Gasteiger partial charge on any atom is -0.0162 e. The Bertz CT molecular complexity index is 598. The van der Waals surface area contributed by atoms with Gasteiger partial charge in [-0.15, -0.1) is 0 Å². The molecule has 2 aromatic rings. The lowest BCUT2D eigenvalue weighted by Gasteiger charge is -2.18. The fourth-order valence-electron chi connectivity index (χ4n) is 4.10. The number of unbranched alkanes of at least 4 members (excludes halogenated alkanes) is 9. The van der Waals surface area contributed by atoms with E-state index in [1.54, 1.807) is 5.56 Å². The van der Waals surface area contributed by atoms with Crippen molar-refractivity contribution < 1.29 is 0 Å². The van der Waals surface area contributed by atoms with Crippen LogP contribution in [0.3, 0.4) is 0 Å². The summed E-state index contributed by atoms with van der Waals surface area (Å²) in [5, 5.41) is 2.78. The Kier molecular flexibility index (Phi) is 10.5. The van der Waals surface area contributed by atoms with Gasteiger partial charge >= 0.3 is 0 Å². The van der Waals surface area contributed by atoms with Crippen molar-refractivity contribution in [2.24, 2.45) is 0 Å². The number of fused-ring (bicyclic) bond motifs is 1. The first-order chi connectivity index (χ1) is 12.8. The first-order valence-corrected chi connectivity index (χ1v) is 11.3. The van der Waals surface area contributed by atoms with Gasteiger partial charge in [0, 0.05) is 0 Å². The zero-order chi connectivity index (χ0) is 18.5. The van der Waals surface area contributed by atoms with Gasteiger partial charge < -0.3 is 0 Å². The van der Waals surface area contributed by atoms with Gasteiger partial charge in [0.15, 0.2) is 0 Å². The number of rotatable bonds is 14. The highest BCUT2D eigenvalue weighted by Crippen LogP contribution is 2.31. The van der Waals surface area contributed by atoms with Crippen LogP contribution in [0.2, 0.25) is 0 Å². The minimum absolute atomic E-state index is 0.757. The average molecular weight is 353 g/mol. The van der Waals surface area contributed by atoms with E-state index in [1.807, 2.05) is 0 Å². The second-order valence-electron chi connectivity index (χ2n) is 8.06. The van der Waals surface area contributed by atoms with Crippen LogP contribution in [0.1, 0.15) is 109 Å². The summed E-state index contributed by atoms with van der Waals surface area (Å²) in [4.78, 5) is 0. The van der Waals surface area contributed by atoms with E-state index in [0.29, 0.717) is 0 Å². The quantitative estimate of drug-likeness (QED) is 0.297. The molecule has 0 aliphatic rings. The highest BCUT2D eigenvalue weighted by Gasteiger charge is 2.12. The largest absolute Gasteiger partial charge is 0.0654 e. The molecule has 0 saturated heterocycles. The predicted octanol–water partition coefficient (Wildman–Crippen LogP) is 9.03. The van der Waals surface area contributed by atoms with E-state index in [4.69, 9.17) is 0 Å². The molecule has 0 heteroatoms. The molecule has 0 saturated carbocycles. The second-order valence-corrected chi connectivity index (χ2v) is 8.06. The summed E-state index contributed by atoms with van der Waals surface area (Å²) in [7, 11) is 0. The molecule has 0 heterocycles. The smallest absolute Gasteiger partial charge is 0.0162 e. The van der Waals surface area contributed by atoms with Crippen LogP contribution in [0.4, 0.5) is 0 Å². The highest BCUT2D eigenvalue weighted by atomic mass is 14.2. The molecule has 2 rings (SSSR count). The predicted molar refractivity (Wildman–Crippen MR) is 118 cm³/mol. The van der Waals surface area contributed by atoms with E-state index in [-0.39, 0.29) is 0 Å². The maximum absolute atomic E-state index is 2.46. The lowest BCUT2D eigenvalue weighted by molar-refractivity contribution is 0.489. The molecule has 26 heavy (non-hydrogen) atoms. The third-order valence-electron chi connectivity index (χ3n) is 5.81. The monoisotopic (exact) mass is 352 g/mol. The first-order valence-electron chi connectivity index (χ1n) is 11.3. The minimum atomic E-state index is 0.757. The molecule has 144 valence electrons. The summed E-state index contributed by atoms with van der Waals surface area (Å²) in [6.07, 6.45) is 18.1. The van der Waals surface area contributed by atoms with Crippen LogP contribution >= 0.6 is 0 Å². The molecule has 0 N–H and O–H groups in total. The standard InChI is InChI=1S/C26H40/c1-3-5-7-9-11-13-17-23(16-12-10-8-6-4-2)26-21-20-24-18-14-15-19-25(24)22-26/h14-15,18-23H,3-13,16-17H2,1-2H3. The molecule has 0 fully saturated rings. The van der Waals surface area contributed by atoms with Crippen molar-refractivity contribution in [1.82, 2.24) is 0 Å². The highest BCUT2D eigenvalue weighted by molar-refractivity contribution is 5.83. The third-order valence-corrected chi connectivity index (χ3v) is 5.81. The number of hydrogen-bond donors (Lipinski definition) is 0. The fraction of sp³-hybridized carbons (Fsp3) is 0.615. The molecule has 1 unspecified atom stereocenters. The number of benzene rings is 2. The molecule has 0 radical (unpaired) electrons. The number of hydrogen-bond acceptors (Lipinski definition) is 0. The van der Waals surface area contributed by atoms with Crippen molar-refractivity contribution in [3.63, 3.8) is 0 Å². The van der Waals surface area contributed by atoms with Gasteiger partial charge in [0.05, 0.1) is 0 Å². The third kappa shape index (κ3) is 7.52. The van der Waals surface area contributed by atoms with Gasteiger partial charge in [-0.2, -0.15) is 0 Å². The molecule has 0 aromatic heterocycles. The summed E-state index contributed by atoms with van der Waals surface area (Å²) < 4.78 is 0. The van der Waals surface area contributed by atoms with Crippen LogP contribution in [0, 0.1) is 0 Å². The molecule has 0 aliphatic heterocycles. The molecule has 2 aromatic carbocycles. The van der Waals surface area contributed by atoms with Gasteiger partial charge in [0.25, 0.3) is 0 Å². The molecule has 0 spiro atoms. The van der Waals surface area contributed by atoms with E-state index >= 15 is 0 Å². The van der Waals surface area contributed by atoms with Crippen LogP contribution in [-0.2, 0) is 0 Å². The SMILES string of the molecule is CCCCCCCCC(CCCCCCC)c1ccc2ccccc2c1. The Morgan fingerprint density at radius 1 is 0.577 bits per heavy atom. The van der Waals surface area contributed by atoms with Crippen LogP contribution < -0.4 is 0 Å². The lowest BCUT2D eigenvalue weighted by Crippen LogP contribution is -2.00. The Labute approximate surface area is 162 Å². The van der Waals surface area contributed by atoms with Gasteiger partial charge in [0.2, 0.25) is 0 Å². The summed E-state index contributed by atoms with van der Waals surface area (Å²) in [6.45, 7) is 4.60. The van der Waals surface area contributed by atoms with Gasteiger partial charge in [-0.1, -0.05) is 127 Å². The summed E-state index contributed by atoms with van der Waals surface area (Å²) in [5.41, 5.74) is 1.58. The molecule has 0 amide bonds. The normalized spacial score (nSPS) is 12.5. The summed E-state index contributed by atoms with van der Waals surface area (Å²) in [6, 6.07) is 16.0. The van der Waals surface area contributed by atoms with Crippen LogP contribution in [0.15, 0.2) is 42.5 Å². The molecular weight excluding hydrogens is 312 g/mol. The minimum Gasteiger partial charge on any atom is -0.0654 e. The Hall–Kier alpha value is -1.30. The van der Waals surface area contributed by atoms with E-state index in [2.05, 4.69) is 56.3 Å². The topological polar surface area (TPSA) is 0 Å². The Morgan fingerprint density at radius 3 is 1.73 bits per heavy atom. The lowest BCUT2D eigenvalue weighted by atomic mass is 9.87. The van der Waals surface area contributed by atoms with Crippen LogP contribution in [0.25, 0.3) is 10.8 Å². The molecular formula is C26H40. The van der Waals surface area contributed by atoms with Crippen molar-refractivity contribution in [3.8, 4) is 0 Å². The van der Waals surface area contributed by atoms with Crippen molar-refractivity contribution in [2.45, 2.75) is 103 Å². The van der Waals surface area contributed by atoms with Crippen molar-refractivity contribution in [1.29, 1.82) is 0 Å². The zero-order valence-corrected chi connectivity index (χ0v) is 17.3. The van der Waals surface area contributed by atoms with Crippen molar-refractivity contribution >= 4 is 10.8 Å². The molecule has 0 aliphatic carbocycles. The molecule has 0 nitrogen and oxygen atoms in total. The van der Waals surface area contributed by atoms with Crippen LogP contribution in [-0.4, -0.2) is 0 Å². The Balaban J connectivity index is 1.91. The molecule has 0 bridgehead atoms. The first kappa shape index (κ1) is 21.0.